The summed E-state index contributed by atoms with van der Waals surface area (Å²) in [5.41, 5.74) is 1.80. The highest BCUT2D eigenvalue weighted by Gasteiger charge is 2.26. The summed E-state index contributed by atoms with van der Waals surface area (Å²) in [6, 6.07) is 1.76. The lowest BCUT2D eigenvalue weighted by Gasteiger charge is -2.31. The Morgan fingerprint density at radius 2 is 1.86 bits per heavy atom. The molecule has 1 aliphatic rings. The molecular weight excluding hydrogens is 368 g/mol. The number of aryl methyl sites for hydroxylation is 1. The minimum absolute atomic E-state index is 0.0162. The van der Waals surface area contributed by atoms with Crippen LogP contribution in [0.3, 0.4) is 0 Å². The van der Waals surface area contributed by atoms with Gasteiger partial charge in [0, 0.05) is 68.7 Å². The molecule has 1 N–H and O–H groups in total. The van der Waals surface area contributed by atoms with Gasteiger partial charge in [0.2, 0.25) is 11.9 Å². The van der Waals surface area contributed by atoms with Crippen molar-refractivity contribution in [3.05, 3.63) is 60.6 Å². The van der Waals surface area contributed by atoms with Crippen LogP contribution in [0.25, 0.3) is 6.08 Å². The van der Waals surface area contributed by atoms with Crippen LogP contribution < -0.4 is 5.32 Å². The van der Waals surface area contributed by atoms with Crippen LogP contribution in [-0.2, 0) is 11.8 Å². The van der Waals surface area contributed by atoms with Crippen molar-refractivity contribution in [2.75, 3.05) is 18.4 Å². The van der Waals surface area contributed by atoms with Gasteiger partial charge in [-0.15, -0.1) is 0 Å². The number of nitrogens with zero attached hydrogens (tertiary/aromatic N) is 7. The quantitative estimate of drug-likeness (QED) is 0.666. The van der Waals surface area contributed by atoms with Gasteiger partial charge in [0.15, 0.2) is 5.82 Å². The minimum atomic E-state index is 0.0162. The average Bonchev–Trinajstić information content (AvgIpc) is 3.18. The molecule has 0 bridgehead atoms. The maximum Gasteiger partial charge on any atom is 0.246 e. The number of rotatable bonds is 5. The lowest BCUT2D eigenvalue weighted by atomic mass is 9.93. The van der Waals surface area contributed by atoms with Crippen molar-refractivity contribution < 1.29 is 4.79 Å². The van der Waals surface area contributed by atoms with Gasteiger partial charge in [0.05, 0.1) is 11.9 Å². The van der Waals surface area contributed by atoms with E-state index >= 15 is 0 Å². The second kappa shape index (κ2) is 8.59. The van der Waals surface area contributed by atoms with Crippen LogP contribution in [0.15, 0.2) is 49.3 Å². The molecule has 9 heteroatoms. The Balaban J connectivity index is 1.38. The molecular formula is C20H22N8O. The summed E-state index contributed by atoms with van der Waals surface area (Å²) in [7, 11) is 1.85. The van der Waals surface area contributed by atoms with E-state index in [0.717, 1.165) is 24.1 Å². The molecule has 4 rings (SSSR count). The summed E-state index contributed by atoms with van der Waals surface area (Å²) in [5, 5.41) is 7.25. The zero-order chi connectivity index (χ0) is 20.1. The number of amides is 1. The molecule has 3 aromatic heterocycles. The first-order valence-corrected chi connectivity index (χ1v) is 9.49. The topological polar surface area (TPSA) is 102 Å². The van der Waals surface area contributed by atoms with E-state index in [0.29, 0.717) is 24.9 Å². The summed E-state index contributed by atoms with van der Waals surface area (Å²) in [6.07, 6.45) is 15.4. The summed E-state index contributed by atoms with van der Waals surface area (Å²) in [5.74, 6) is 1.39. The van der Waals surface area contributed by atoms with Crippen molar-refractivity contribution >= 4 is 23.7 Å². The molecule has 0 radical (unpaired) electrons. The number of anilines is 2. The fourth-order valence-corrected chi connectivity index (χ4v) is 3.39. The van der Waals surface area contributed by atoms with E-state index in [1.165, 1.54) is 0 Å². The van der Waals surface area contributed by atoms with Gasteiger partial charge in [-0.3, -0.25) is 14.5 Å². The van der Waals surface area contributed by atoms with Crippen molar-refractivity contribution in [3.63, 3.8) is 0 Å². The Labute approximate surface area is 168 Å². The van der Waals surface area contributed by atoms with E-state index in [9.17, 15) is 4.79 Å². The number of piperidine rings is 1. The van der Waals surface area contributed by atoms with Gasteiger partial charge in [-0.25, -0.2) is 15.0 Å². The van der Waals surface area contributed by atoms with E-state index in [4.69, 9.17) is 0 Å². The molecule has 0 atom stereocenters. The molecule has 0 spiro atoms. The van der Waals surface area contributed by atoms with Gasteiger partial charge < -0.3 is 10.2 Å². The first-order valence-electron chi connectivity index (χ1n) is 9.49. The monoisotopic (exact) mass is 390 g/mol. The smallest absolute Gasteiger partial charge is 0.246 e. The van der Waals surface area contributed by atoms with E-state index in [2.05, 4.69) is 30.4 Å². The van der Waals surface area contributed by atoms with Gasteiger partial charge in [-0.1, -0.05) is 0 Å². The Morgan fingerprint density at radius 3 is 2.59 bits per heavy atom. The number of carbonyl (C=O) groups is 1. The van der Waals surface area contributed by atoms with Gasteiger partial charge in [-0.2, -0.15) is 5.10 Å². The first kappa shape index (κ1) is 18.7. The molecule has 0 unspecified atom stereocenters. The van der Waals surface area contributed by atoms with Gasteiger partial charge >= 0.3 is 0 Å². The van der Waals surface area contributed by atoms with E-state index in [1.54, 1.807) is 53.9 Å². The molecule has 3 aromatic rings. The Kier molecular flexibility index (Phi) is 5.55. The molecule has 1 fully saturated rings. The Morgan fingerprint density at radius 1 is 1.10 bits per heavy atom. The first-order chi connectivity index (χ1) is 14.2. The number of hydrogen-bond donors (Lipinski definition) is 1. The van der Waals surface area contributed by atoms with E-state index < -0.39 is 0 Å². The lowest BCUT2D eigenvalue weighted by molar-refractivity contribution is -0.126. The predicted molar refractivity (Wildman–Crippen MR) is 108 cm³/mol. The summed E-state index contributed by atoms with van der Waals surface area (Å²) in [4.78, 5) is 31.7. The molecule has 148 valence electrons. The van der Waals surface area contributed by atoms with Crippen LogP contribution >= 0.6 is 0 Å². The normalized spacial score (nSPS) is 15.0. The third-order valence-electron chi connectivity index (χ3n) is 4.86. The van der Waals surface area contributed by atoms with Gasteiger partial charge in [0.1, 0.15) is 0 Å². The molecule has 4 heterocycles. The predicted octanol–water partition coefficient (Wildman–Crippen LogP) is 2.16. The molecule has 9 nitrogen and oxygen atoms in total. The van der Waals surface area contributed by atoms with Gasteiger partial charge in [0.25, 0.3) is 0 Å². The standard InChI is InChI=1S/C20H22N8O/c1-27-14-15(13-25-27)3-4-17(29)28-11-5-16(6-12-28)18-19(22-10-9-21-18)26-20-23-7-2-8-24-20/h2-4,7-10,13-14,16H,5-6,11-12H2,1H3,(H,22,23,24,26)/b4-3+. The fraction of sp³-hybridized carbons (Fsp3) is 0.300. The maximum absolute atomic E-state index is 12.5. The second-order valence-electron chi connectivity index (χ2n) is 6.87. The van der Waals surface area contributed by atoms with E-state index in [-0.39, 0.29) is 11.8 Å². The molecule has 0 aromatic carbocycles. The second-order valence-corrected chi connectivity index (χ2v) is 6.87. The Hall–Kier alpha value is -3.62. The lowest BCUT2D eigenvalue weighted by Crippen LogP contribution is -2.37. The third-order valence-corrected chi connectivity index (χ3v) is 4.86. The molecule has 0 aliphatic carbocycles. The highest BCUT2D eigenvalue weighted by atomic mass is 16.2. The average molecular weight is 390 g/mol. The number of nitrogens with one attached hydrogen (secondary N) is 1. The molecule has 1 aliphatic heterocycles. The maximum atomic E-state index is 12.5. The SMILES string of the molecule is Cn1cc(/C=C/C(=O)N2CCC(c3nccnc3Nc3ncccn3)CC2)cn1. The highest BCUT2D eigenvalue weighted by molar-refractivity contribution is 5.91. The summed E-state index contributed by atoms with van der Waals surface area (Å²) < 4.78 is 1.71. The van der Waals surface area contributed by atoms with Crippen molar-refractivity contribution in [1.82, 2.24) is 34.6 Å². The van der Waals surface area contributed by atoms with E-state index in [1.807, 2.05) is 18.1 Å². The summed E-state index contributed by atoms with van der Waals surface area (Å²) >= 11 is 0. The zero-order valence-corrected chi connectivity index (χ0v) is 16.1. The van der Waals surface area contributed by atoms with Gasteiger partial charge in [-0.05, 0) is 25.0 Å². The minimum Gasteiger partial charge on any atom is -0.339 e. The molecule has 0 saturated carbocycles. The van der Waals surface area contributed by atoms with Crippen LogP contribution in [0.4, 0.5) is 11.8 Å². The van der Waals surface area contributed by atoms with Crippen molar-refractivity contribution in [3.8, 4) is 0 Å². The van der Waals surface area contributed by atoms with Crippen LogP contribution in [0.2, 0.25) is 0 Å². The van der Waals surface area contributed by atoms with Crippen LogP contribution in [0.1, 0.15) is 30.0 Å². The van der Waals surface area contributed by atoms with Crippen molar-refractivity contribution in [2.45, 2.75) is 18.8 Å². The fourth-order valence-electron chi connectivity index (χ4n) is 3.39. The molecule has 1 amide bonds. The van der Waals surface area contributed by atoms with Crippen LogP contribution in [0, 0.1) is 0 Å². The summed E-state index contributed by atoms with van der Waals surface area (Å²) in [6.45, 7) is 1.36. The van der Waals surface area contributed by atoms with Crippen LogP contribution in [0.5, 0.6) is 0 Å². The Bertz CT molecular complexity index is 992. The van der Waals surface area contributed by atoms with Crippen LogP contribution in [-0.4, -0.2) is 53.6 Å². The number of carbonyl (C=O) groups excluding carboxylic acids is 1. The van der Waals surface area contributed by atoms with Crippen molar-refractivity contribution in [2.24, 2.45) is 7.05 Å². The molecule has 29 heavy (non-hydrogen) atoms. The zero-order valence-electron chi connectivity index (χ0n) is 16.1. The number of aromatic nitrogens is 6. The molecule has 1 saturated heterocycles. The van der Waals surface area contributed by atoms with Crippen molar-refractivity contribution in [1.29, 1.82) is 0 Å². The highest BCUT2D eigenvalue weighted by Crippen LogP contribution is 2.31. The number of likely N-dealkylation sites (tertiary alicyclic amines) is 1. The third kappa shape index (κ3) is 4.63. The largest absolute Gasteiger partial charge is 0.339 e. The number of hydrogen-bond acceptors (Lipinski definition) is 7.